The minimum atomic E-state index is 0.927. The third-order valence-electron chi connectivity index (χ3n) is 2.69. The van der Waals surface area contributed by atoms with Gasteiger partial charge in [-0.05, 0) is 51.6 Å². The fourth-order valence-corrected chi connectivity index (χ4v) is 3.73. The summed E-state index contributed by atoms with van der Waals surface area (Å²) in [6.07, 6.45) is 2.14. The molecule has 17 heavy (non-hydrogen) atoms. The van der Waals surface area contributed by atoms with Gasteiger partial charge in [0.1, 0.15) is 0 Å². The second-order valence-electron chi connectivity index (χ2n) is 3.85. The second kappa shape index (κ2) is 4.59. The van der Waals surface area contributed by atoms with Gasteiger partial charge >= 0.3 is 0 Å². The van der Waals surface area contributed by atoms with Gasteiger partial charge in [0.05, 0.1) is 10.3 Å². The van der Waals surface area contributed by atoms with Crippen LogP contribution in [0.3, 0.4) is 0 Å². The first-order valence-corrected chi connectivity index (χ1v) is 7.61. The summed E-state index contributed by atoms with van der Waals surface area (Å²) in [5.74, 6) is 0. The van der Waals surface area contributed by atoms with Crippen LogP contribution in [-0.4, -0.2) is 4.57 Å². The summed E-state index contributed by atoms with van der Waals surface area (Å²) in [6.45, 7) is 0.927. The fourth-order valence-electron chi connectivity index (χ4n) is 1.90. The van der Waals surface area contributed by atoms with Gasteiger partial charge in [-0.2, -0.15) is 0 Å². The molecule has 1 nitrogen and oxygen atoms in total. The number of thiophene rings is 1. The summed E-state index contributed by atoms with van der Waals surface area (Å²) in [4.78, 5) is 1.36. The normalized spacial score (nSPS) is 11.2. The van der Waals surface area contributed by atoms with Gasteiger partial charge in [-0.25, -0.2) is 0 Å². The summed E-state index contributed by atoms with van der Waals surface area (Å²) < 4.78 is 4.58. The Labute approximate surface area is 120 Å². The first-order valence-electron chi connectivity index (χ1n) is 5.21. The number of benzene rings is 1. The Morgan fingerprint density at radius 3 is 2.71 bits per heavy atom. The Balaban J connectivity index is 2.03. The topological polar surface area (TPSA) is 4.93 Å². The lowest BCUT2D eigenvalue weighted by Gasteiger charge is -2.03. The van der Waals surface area contributed by atoms with Crippen LogP contribution in [0.5, 0.6) is 0 Å². The molecule has 0 aliphatic heterocycles. The number of fused-ring (bicyclic) bond motifs is 1. The molecule has 0 atom stereocenters. The molecule has 3 aromatic rings. The molecule has 0 unspecified atom stereocenters. The summed E-state index contributed by atoms with van der Waals surface area (Å²) in [6, 6.07) is 12.8. The van der Waals surface area contributed by atoms with Crippen LogP contribution in [0.25, 0.3) is 10.9 Å². The minimum Gasteiger partial charge on any atom is -0.342 e. The van der Waals surface area contributed by atoms with E-state index in [-0.39, 0.29) is 0 Å². The van der Waals surface area contributed by atoms with E-state index in [9.17, 15) is 0 Å². The smallest absolute Gasteiger partial charge is 0.0702 e. The van der Waals surface area contributed by atoms with Crippen LogP contribution in [0.4, 0.5) is 0 Å². The predicted octanol–water partition coefficient (Wildman–Crippen LogP) is 5.28. The first-order chi connectivity index (χ1) is 8.22. The van der Waals surface area contributed by atoms with Crippen molar-refractivity contribution in [3.8, 4) is 0 Å². The molecule has 0 radical (unpaired) electrons. The molecule has 0 fully saturated rings. The SMILES string of the molecule is Brc1ccc2ccn(Cc3ccc(Br)s3)c2c1. The maximum Gasteiger partial charge on any atom is 0.0702 e. The highest BCUT2D eigenvalue weighted by Crippen LogP contribution is 2.26. The Morgan fingerprint density at radius 1 is 1.06 bits per heavy atom. The molecule has 2 heterocycles. The average Bonchev–Trinajstić information content (AvgIpc) is 2.87. The van der Waals surface area contributed by atoms with Crippen molar-refractivity contribution in [2.75, 3.05) is 0 Å². The Morgan fingerprint density at radius 2 is 1.94 bits per heavy atom. The molecule has 0 saturated carbocycles. The molecule has 2 aromatic heterocycles. The molecule has 3 rings (SSSR count). The highest BCUT2D eigenvalue weighted by atomic mass is 79.9. The van der Waals surface area contributed by atoms with E-state index < -0.39 is 0 Å². The third-order valence-corrected chi connectivity index (χ3v) is 4.79. The van der Waals surface area contributed by atoms with E-state index in [4.69, 9.17) is 0 Å². The summed E-state index contributed by atoms with van der Waals surface area (Å²) in [7, 11) is 0. The van der Waals surface area contributed by atoms with Crippen LogP contribution in [0.15, 0.2) is 50.9 Å². The van der Waals surface area contributed by atoms with Crippen LogP contribution >= 0.6 is 43.2 Å². The molecule has 0 amide bonds. The Hall–Kier alpha value is -0.580. The van der Waals surface area contributed by atoms with E-state index in [2.05, 4.69) is 79.0 Å². The number of hydrogen-bond donors (Lipinski definition) is 0. The highest BCUT2D eigenvalue weighted by molar-refractivity contribution is 9.11. The third kappa shape index (κ3) is 2.34. The summed E-state index contributed by atoms with van der Waals surface area (Å²) in [5, 5.41) is 1.28. The van der Waals surface area contributed by atoms with Crippen molar-refractivity contribution < 1.29 is 0 Å². The van der Waals surface area contributed by atoms with Crippen LogP contribution in [0.1, 0.15) is 4.88 Å². The Kier molecular flexibility index (Phi) is 3.11. The van der Waals surface area contributed by atoms with Gasteiger partial charge in [-0.3, -0.25) is 0 Å². The van der Waals surface area contributed by atoms with Crippen LogP contribution in [-0.2, 0) is 6.54 Å². The Bertz CT molecular complexity index is 669. The molecule has 0 aliphatic rings. The van der Waals surface area contributed by atoms with Crippen molar-refractivity contribution in [1.82, 2.24) is 4.57 Å². The van der Waals surface area contributed by atoms with Gasteiger partial charge in [0.15, 0.2) is 0 Å². The number of aromatic nitrogens is 1. The highest BCUT2D eigenvalue weighted by Gasteiger charge is 2.04. The molecule has 0 spiro atoms. The van der Waals surface area contributed by atoms with Crippen LogP contribution in [0, 0.1) is 0 Å². The molecular weight excluding hydrogens is 362 g/mol. The van der Waals surface area contributed by atoms with Crippen LogP contribution < -0.4 is 0 Å². The van der Waals surface area contributed by atoms with Crippen molar-refractivity contribution in [3.05, 3.63) is 55.7 Å². The molecule has 1 aromatic carbocycles. The van der Waals surface area contributed by atoms with Gasteiger partial charge in [0, 0.05) is 21.1 Å². The van der Waals surface area contributed by atoms with E-state index in [0.717, 1.165) is 11.0 Å². The zero-order valence-electron chi connectivity index (χ0n) is 8.86. The lowest BCUT2D eigenvalue weighted by Crippen LogP contribution is -1.95. The van der Waals surface area contributed by atoms with Gasteiger partial charge < -0.3 is 4.57 Å². The maximum absolute atomic E-state index is 3.52. The molecule has 0 aliphatic carbocycles. The number of hydrogen-bond acceptors (Lipinski definition) is 1. The van der Waals surface area contributed by atoms with Crippen molar-refractivity contribution in [3.63, 3.8) is 0 Å². The molecule has 0 N–H and O–H groups in total. The van der Waals surface area contributed by atoms with Crippen molar-refractivity contribution in [2.45, 2.75) is 6.54 Å². The van der Waals surface area contributed by atoms with E-state index in [1.807, 2.05) is 0 Å². The van der Waals surface area contributed by atoms with Crippen molar-refractivity contribution in [2.24, 2.45) is 0 Å². The average molecular weight is 371 g/mol. The first kappa shape index (κ1) is 11.5. The molecule has 4 heteroatoms. The molecular formula is C13H9Br2NS. The molecule has 86 valence electrons. The summed E-state index contributed by atoms with van der Waals surface area (Å²) in [5.41, 5.74) is 1.27. The van der Waals surface area contributed by atoms with E-state index in [1.165, 1.54) is 19.6 Å². The fraction of sp³-hybridized carbons (Fsp3) is 0.0769. The van der Waals surface area contributed by atoms with Gasteiger partial charge in [0.2, 0.25) is 0 Å². The van der Waals surface area contributed by atoms with E-state index in [0.29, 0.717) is 0 Å². The zero-order chi connectivity index (χ0) is 11.8. The second-order valence-corrected chi connectivity index (χ2v) is 7.32. The minimum absolute atomic E-state index is 0.927. The quantitative estimate of drug-likeness (QED) is 0.578. The zero-order valence-corrected chi connectivity index (χ0v) is 12.8. The van der Waals surface area contributed by atoms with Crippen LogP contribution in [0.2, 0.25) is 0 Å². The number of rotatable bonds is 2. The largest absolute Gasteiger partial charge is 0.342 e. The summed E-state index contributed by atoms with van der Waals surface area (Å²) >= 11 is 8.80. The lowest BCUT2D eigenvalue weighted by atomic mass is 10.2. The van der Waals surface area contributed by atoms with Gasteiger partial charge in [-0.1, -0.05) is 22.0 Å². The van der Waals surface area contributed by atoms with Gasteiger partial charge in [-0.15, -0.1) is 11.3 Å². The monoisotopic (exact) mass is 369 g/mol. The number of halogens is 2. The van der Waals surface area contributed by atoms with Crippen molar-refractivity contribution in [1.29, 1.82) is 0 Å². The van der Waals surface area contributed by atoms with E-state index in [1.54, 1.807) is 11.3 Å². The predicted molar refractivity (Wildman–Crippen MR) is 80.8 cm³/mol. The molecule has 0 bridgehead atoms. The lowest BCUT2D eigenvalue weighted by molar-refractivity contribution is 0.851. The van der Waals surface area contributed by atoms with Crippen molar-refractivity contribution >= 4 is 54.1 Å². The maximum atomic E-state index is 3.52. The standard InChI is InChI=1S/C13H9Br2NS/c14-10-2-1-9-5-6-16(12(9)7-10)8-11-3-4-13(15)17-11/h1-7H,8H2. The van der Waals surface area contributed by atoms with E-state index >= 15 is 0 Å². The molecule has 0 saturated heterocycles. The number of nitrogens with zero attached hydrogens (tertiary/aromatic N) is 1. The van der Waals surface area contributed by atoms with Gasteiger partial charge in [0.25, 0.3) is 0 Å².